The average molecular weight is 777 g/mol. The Balaban J connectivity index is 0.00000417. The molecule has 0 saturated carbocycles. The van der Waals surface area contributed by atoms with E-state index in [4.69, 9.17) is 4.74 Å². The minimum absolute atomic E-state index is 0. The summed E-state index contributed by atoms with van der Waals surface area (Å²) < 4.78 is 116. The van der Waals surface area contributed by atoms with Crippen molar-refractivity contribution in [3.63, 3.8) is 0 Å². The van der Waals surface area contributed by atoms with Crippen molar-refractivity contribution in [2.24, 2.45) is 0 Å². The Morgan fingerprint density at radius 3 is 1.12 bits per heavy atom. The SMILES string of the molecule is CCCCCCCCCCCCCCCCCCOc1cc(S(=O)(=O)[O-])c2ccc3c(S(=O)(=O)[O-])cc(S(=O)(=O)[O-])c4ccc1c2c43.[Na+].[Na+].[Na+]. The standard InChI is InChI=1S/C34H46O10S3.3Na/c1-2-3-4-5-6-7-8-9-10-11-12-13-14-15-16-17-22-44-29-23-30(45(35,36)37)26-20-21-28-32(47(41,42)43)24-31(46(38,39)40)27-19-18-25(29)33(26)34(27)28;;;/h18-21,23-24H,2-17,22H2,1H3,(H,35,36,37)(H,38,39,40)(H,41,42,43);;;/q;3*+1/p-3. The first-order valence-electron chi connectivity index (χ1n) is 16.5. The normalized spacial score (nSPS) is 12.2. The van der Waals surface area contributed by atoms with Crippen molar-refractivity contribution in [2.45, 2.75) is 124 Å². The molecule has 0 bridgehead atoms. The predicted molar refractivity (Wildman–Crippen MR) is 179 cm³/mol. The van der Waals surface area contributed by atoms with Gasteiger partial charge in [0.05, 0.1) is 21.3 Å². The summed E-state index contributed by atoms with van der Waals surface area (Å²) >= 11 is 0. The fourth-order valence-electron chi connectivity index (χ4n) is 6.44. The summed E-state index contributed by atoms with van der Waals surface area (Å²) in [4.78, 5) is -2.54. The minimum Gasteiger partial charge on any atom is -0.744 e. The number of unbranched alkanes of at least 4 members (excludes halogenated alkanes) is 15. The van der Waals surface area contributed by atoms with Crippen LogP contribution in [0.4, 0.5) is 0 Å². The van der Waals surface area contributed by atoms with Gasteiger partial charge in [-0.15, -0.1) is 0 Å². The third-order valence-electron chi connectivity index (χ3n) is 8.81. The van der Waals surface area contributed by atoms with Crippen LogP contribution in [0.2, 0.25) is 0 Å². The maximum atomic E-state index is 12.3. The molecule has 0 aliphatic heterocycles. The maximum absolute atomic E-state index is 12.3. The van der Waals surface area contributed by atoms with Crippen LogP contribution in [-0.4, -0.2) is 45.5 Å². The molecule has 260 valence electrons. The third-order valence-corrected chi connectivity index (χ3v) is 11.4. The Labute approximate surface area is 363 Å². The molecule has 0 unspecified atom stereocenters. The van der Waals surface area contributed by atoms with Crippen LogP contribution >= 0.6 is 0 Å². The second-order valence-electron chi connectivity index (χ2n) is 12.3. The summed E-state index contributed by atoms with van der Waals surface area (Å²) in [7, 11) is -15.6. The smallest absolute Gasteiger partial charge is 0.744 e. The van der Waals surface area contributed by atoms with Crippen molar-refractivity contribution in [2.75, 3.05) is 6.61 Å². The second kappa shape index (κ2) is 22.1. The van der Waals surface area contributed by atoms with E-state index in [1.807, 2.05) is 0 Å². The van der Waals surface area contributed by atoms with Gasteiger partial charge < -0.3 is 18.4 Å². The van der Waals surface area contributed by atoms with Crippen LogP contribution in [0.3, 0.4) is 0 Å². The Morgan fingerprint density at radius 2 is 0.760 bits per heavy atom. The van der Waals surface area contributed by atoms with E-state index in [9.17, 15) is 38.9 Å². The molecule has 4 aromatic rings. The minimum atomic E-state index is -5.26. The van der Waals surface area contributed by atoms with Crippen molar-refractivity contribution in [1.29, 1.82) is 0 Å². The van der Waals surface area contributed by atoms with Gasteiger partial charge in [0.2, 0.25) is 0 Å². The maximum Gasteiger partial charge on any atom is 1.00 e. The van der Waals surface area contributed by atoms with Gasteiger partial charge in [-0.25, -0.2) is 25.3 Å². The molecule has 0 saturated heterocycles. The summed E-state index contributed by atoms with van der Waals surface area (Å²) in [6, 6.07) is 6.65. The van der Waals surface area contributed by atoms with E-state index >= 15 is 0 Å². The van der Waals surface area contributed by atoms with E-state index in [-0.39, 0.29) is 133 Å². The van der Waals surface area contributed by atoms with Gasteiger partial charge in [0.15, 0.2) is 0 Å². The Kier molecular flexibility index (Phi) is 21.4. The van der Waals surface area contributed by atoms with Gasteiger partial charge in [-0.1, -0.05) is 121 Å². The molecule has 0 aliphatic carbocycles. The Hall–Kier alpha value is 0.450. The van der Waals surface area contributed by atoms with Gasteiger partial charge in [0.1, 0.15) is 36.1 Å². The number of ether oxygens (including phenoxy) is 1. The van der Waals surface area contributed by atoms with E-state index in [0.717, 1.165) is 31.4 Å². The van der Waals surface area contributed by atoms with Gasteiger partial charge in [0.25, 0.3) is 0 Å². The Morgan fingerprint density at radius 1 is 0.460 bits per heavy atom. The molecule has 0 atom stereocenters. The summed E-state index contributed by atoms with van der Waals surface area (Å²) in [5.74, 6) is 0.0317. The molecule has 10 nitrogen and oxygen atoms in total. The molecule has 0 heterocycles. The molecule has 50 heavy (non-hydrogen) atoms. The van der Waals surface area contributed by atoms with Crippen molar-refractivity contribution >= 4 is 62.7 Å². The molecule has 0 aliphatic rings. The van der Waals surface area contributed by atoms with Crippen LogP contribution in [0.1, 0.15) is 110 Å². The van der Waals surface area contributed by atoms with Gasteiger partial charge in [-0.05, 0) is 24.6 Å². The molecule has 0 fully saturated rings. The fraction of sp³-hybridized carbons (Fsp3) is 0.529. The van der Waals surface area contributed by atoms with Crippen molar-refractivity contribution in [3.05, 3.63) is 36.4 Å². The summed E-state index contributed by atoms with van der Waals surface area (Å²) in [5, 5.41) is -0.373. The van der Waals surface area contributed by atoms with Gasteiger partial charge in [-0.2, -0.15) is 0 Å². The first kappa shape index (κ1) is 48.5. The topological polar surface area (TPSA) is 181 Å². The summed E-state index contributed by atoms with van der Waals surface area (Å²) in [6.07, 6.45) is 19.2. The van der Waals surface area contributed by atoms with E-state index < -0.39 is 45.0 Å². The fourth-order valence-corrected chi connectivity index (χ4v) is 8.61. The van der Waals surface area contributed by atoms with E-state index in [2.05, 4.69) is 6.92 Å². The van der Waals surface area contributed by atoms with Crippen LogP contribution < -0.4 is 93.4 Å². The molecular weight excluding hydrogens is 734 g/mol. The zero-order valence-electron chi connectivity index (χ0n) is 29.8. The van der Waals surface area contributed by atoms with Gasteiger partial charge in [0, 0.05) is 32.3 Å². The molecule has 0 aromatic heterocycles. The van der Waals surface area contributed by atoms with Crippen LogP contribution in [-0.2, 0) is 30.4 Å². The molecular formula is C34H43Na3O10S3. The molecule has 0 spiro atoms. The molecule has 16 heteroatoms. The monoisotopic (exact) mass is 776 g/mol. The number of benzene rings is 4. The Bertz CT molecular complexity index is 1950. The van der Waals surface area contributed by atoms with Gasteiger partial charge >= 0.3 is 88.7 Å². The zero-order chi connectivity index (χ0) is 34.2. The number of hydrogen-bond acceptors (Lipinski definition) is 10. The first-order chi connectivity index (χ1) is 22.2. The summed E-state index contributed by atoms with van der Waals surface area (Å²) in [5.41, 5.74) is 0. The third kappa shape index (κ3) is 13.0. The van der Waals surface area contributed by atoms with E-state index in [1.165, 1.54) is 95.2 Å². The van der Waals surface area contributed by atoms with Crippen LogP contribution in [0.5, 0.6) is 5.75 Å². The molecule has 4 aromatic carbocycles. The summed E-state index contributed by atoms with van der Waals surface area (Å²) in [6.45, 7) is 2.45. The van der Waals surface area contributed by atoms with Crippen LogP contribution in [0.25, 0.3) is 32.3 Å². The van der Waals surface area contributed by atoms with Crippen LogP contribution in [0.15, 0.2) is 51.1 Å². The number of hydrogen-bond donors (Lipinski definition) is 0. The van der Waals surface area contributed by atoms with Gasteiger partial charge in [-0.3, -0.25) is 0 Å². The van der Waals surface area contributed by atoms with Crippen molar-refractivity contribution in [1.82, 2.24) is 0 Å². The molecule has 0 radical (unpaired) electrons. The quantitative estimate of drug-likeness (QED) is 0.0439. The number of rotatable bonds is 21. The zero-order valence-corrected chi connectivity index (χ0v) is 38.2. The van der Waals surface area contributed by atoms with Crippen molar-refractivity contribution in [3.8, 4) is 5.75 Å². The average Bonchev–Trinajstić information content (AvgIpc) is 2.99. The van der Waals surface area contributed by atoms with E-state index in [0.29, 0.717) is 12.5 Å². The van der Waals surface area contributed by atoms with E-state index in [1.54, 1.807) is 0 Å². The second-order valence-corrected chi connectivity index (χ2v) is 16.4. The molecule has 4 rings (SSSR count). The first-order valence-corrected chi connectivity index (χ1v) is 20.8. The molecule has 0 amide bonds. The molecule has 0 N–H and O–H groups in total. The van der Waals surface area contributed by atoms with Crippen LogP contribution in [0, 0.1) is 0 Å². The van der Waals surface area contributed by atoms with Crippen molar-refractivity contribution < 1.29 is 132 Å². The predicted octanol–water partition coefficient (Wildman–Crippen LogP) is -1.05. The largest absolute Gasteiger partial charge is 1.00 e.